The van der Waals surface area contributed by atoms with E-state index in [9.17, 15) is 0 Å². The quantitative estimate of drug-likeness (QED) is 0.195. The van der Waals surface area contributed by atoms with Gasteiger partial charge in [0.2, 0.25) is 0 Å². The van der Waals surface area contributed by atoms with Gasteiger partial charge in [0.05, 0.1) is 28.4 Å². The topological polar surface area (TPSA) is 25.8 Å². The van der Waals surface area contributed by atoms with Crippen LogP contribution in [0.4, 0.5) is 0 Å². The monoisotopic (exact) mass is 711 g/mol. The first-order valence-electron chi connectivity index (χ1n) is 16.0. The molecule has 2 aromatic heterocycles. The molecule has 0 spiro atoms. The molecule has 0 N–H and O–H groups in total. The van der Waals surface area contributed by atoms with Crippen molar-refractivity contribution in [2.75, 3.05) is 0 Å². The number of hydrogen-bond acceptors (Lipinski definition) is 2. The molecule has 0 radical (unpaired) electrons. The van der Waals surface area contributed by atoms with E-state index in [2.05, 4.69) is 14.2 Å². The first kappa shape index (κ1) is 33.7. The summed E-state index contributed by atoms with van der Waals surface area (Å²) in [5.41, 5.74) is 6.60. The van der Waals surface area contributed by atoms with Gasteiger partial charge in [0.15, 0.2) is 0 Å². The molecule has 3 fully saturated rings. The van der Waals surface area contributed by atoms with Gasteiger partial charge >= 0.3 is 79.1 Å². The fourth-order valence-corrected chi connectivity index (χ4v) is 13.1. The Balaban J connectivity index is 0.000000153. The van der Waals surface area contributed by atoms with E-state index in [-0.39, 0.29) is 7.92 Å². The van der Waals surface area contributed by atoms with Crippen LogP contribution in [0.25, 0.3) is 17.5 Å². The Morgan fingerprint density at radius 2 is 0.976 bits per heavy atom. The zero-order valence-electron chi connectivity index (χ0n) is 24.9. The molecule has 0 amide bonds. The second-order valence-corrected chi connectivity index (χ2v) is 20.6. The van der Waals surface area contributed by atoms with Crippen molar-refractivity contribution in [1.82, 2.24) is 9.97 Å². The molecule has 3 saturated carbocycles. The first-order valence-corrected chi connectivity index (χ1v) is 23.1. The fourth-order valence-electron chi connectivity index (χ4n) is 6.98. The smallest absolute Gasteiger partial charge is 0.0886 e. The molecule has 0 atom stereocenters. The molecule has 0 bridgehead atoms. The molecule has 42 heavy (non-hydrogen) atoms. The number of aromatic nitrogens is 2. The van der Waals surface area contributed by atoms with Crippen LogP contribution in [0, 0.1) is 0 Å². The van der Waals surface area contributed by atoms with Crippen LogP contribution in [0.2, 0.25) is 0 Å². The van der Waals surface area contributed by atoms with Gasteiger partial charge in [-0.25, -0.2) is 0 Å². The van der Waals surface area contributed by atoms with E-state index < -0.39 is 13.5 Å². The van der Waals surface area contributed by atoms with Crippen LogP contribution in [-0.4, -0.2) is 31.2 Å². The summed E-state index contributed by atoms with van der Waals surface area (Å²) in [5, 5.41) is 0. The van der Waals surface area contributed by atoms with Crippen molar-refractivity contribution in [1.29, 1.82) is 0 Å². The van der Waals surface area contributed by atoms with Crippen molar-refractivity contribution in [3.63, 3.8) is 0 Å². The number of hydrogen-bond donors (Lipinski definition) is 0. The summed E-state index contributed by atoms with van der Waals surface area (Å²) in [7, 11) is 11.1. The summed E-state index contributed by atoms with van der Waals surface area (Å²) in [6.07, 6.45) is 29.2. The van der Waals surface area contributed by atoms with Gasteiger partial charge in [-0.2, -0.15) is 0 Å². The summed E-state index contributed by atoms with van der Waals surface area (Å²) in [4.78, 5) is 8.37. The Morgan fingerprint density at radius 3 is 1.33 bits per heavy atom. The van der Waals surface area contributed by atoms with Crippen LogP contribution < -0.4 is 0 Å². The molecular weight excluding hydrogens is 663 g/mol. The van der Waals surface area contributed by atoms with E-state index in [0.29, 0.717) is 0 Å². The molecule has 2 nitrogen and oxygen atoms in total. The van der Waals surface area contributed by atoms with Crippen molar-refractivity contribution < 1.29 is 13.5 Å². The summed E-state index contributed by atoms with van der Waals surface area (Å²) >= 11 is -1.74. The van der Waals surface area contributed by atoms with Gasteiger partial charge in [-0.15, -0.1) is 0 Å². The van der Waals surface area contributed by atoms with Gasteiger partial charge < -0.3 is 0 Å². The van der Waals surface area contributed by atoms with E-state index >= 15 is 0 Å². The van der Waals surface area contributed by atoms with Crippen LogP contribution >= 0.6 is 27.3 Å². The molecule has 3 aliphatic carbocycles. The summed E-state index contributed by atoms with van der Waals surface area (Å²) in [6.45, 7) is 0. The number of nitrogens with zero attached hydrogens (tertiary/aromatic N) is 2. The Bertz CT molecular complexity index is 1100. The third kappa shape index (κ3) is 12.1. The minimum atomic E-state index is -1.74. The molecule has 3 aromatic rings. The summed E-state index contributed by atoms with van der Waals surface area (Å²) < 4.78 is 2.91. The second kappa shape index (κ2) is 20.0. The second-order valence-electron chi connectivity index (χ2n) is 11.8. The molecule has 3 aliphatic rings. The van der Waals surface area contributed by atoms with E-state index in [4.69, 9.17) is 19.4 Å². The molecule has 0 saturated heterocycles. The van der Waals surface area contributed by atoms with Crippen LogP contribution in [0.1, 0.15) is 102 Å². The standard InChI is InChI=1S/C18H33P.C10H8N2.C8H6.2ClH.Ru/c1-4-10-16(11-5-1)19(17-12-6-2-7-13-17)18-14-8-3-9-15-18;1-3-7-11-9(5-1)10-6-2-4-8-12-10;1-2-8-6-4-3-5-7-8;;;/h16-18H,1-15H2;1-8H;2-7H;2*1H;/q;;;;;+2/p-1. The Kier molecular flexibility index (Phi) is 16.0. The number of pyridine rings is 2. The number of halogens is 2. The van der Waals surface area contributed by atoms with Crippen LogP contribution in [0.3, 0.4) is 0 Å². The maximum absolute atomic E-state index is 5.59. The molecular formula is C36H48Cl2N2PRu+. The molecule has 6 rings (SSSR count). The maximum Gasteiger partial charge on any atom is 0.0886 e. The van der Waals surface area contributed by atoms with Crippen molar-refractivity contribution in [2.45, 2.75) is 113 Å². The fraction of sp³-hybridized carbons (Fsp3) is 0.500. The average Bonchev–Trinajstić information content (AvgIpc) is 3.07. The van der Waals surface area contributed by atoms with E-state index in [1.54, 1.807) is 109 Å². The van der Waals surface area contributed by atoms with Crippen LogP contribution in [-0.2, 0) is 13.5 Å². The Hall–Kier alpha value is -1.20. The van der Waals surface area contributed by atoms with Crippen molar-refractivity contribution in [3.8, 4) is 11.4 Å². The first-order chi connectivity index (χ1) is 20.7. The maximum atomic E-state index is 5.59. The van der Waals surface area contributed by atoms with Gasteiger partial charge in [0.1, 0.15) is 0 Å². The molecule has 0 aliphatic heterocycles. The minimum absolute atomic E-state index is 0.0465. The van der Waals surface area contributed by atoms with Crippen molar-refractivity contribution in [2.24, 2.45) is 0 Å². The molecule has 2 heterocycles. The minimum Gasteiger partial charge on any atom is -0.255 e. The van der Waals surface area contributed by atoms with Gasteiger partial charge in [0, 0.05) is 20.3 Å². The van der Waals surface area contributed by atoms with Gasteiger partial charge in [-0.1, -0.05) is 31.4 Å². The largest absolute Gasteiger partial charge is 0.255 e. The van der Waals surface area contributed by atoms with Crippen LogP contribution in [0.5, 0.6) is 0 Å². The predicted octanol–water partition coefficient (Wildman–Crippen LogP) is 11.4. The average molecular weight is 712 g/mol. The van der Waals surface area contributed by atoms with E-state index in [0.717, 1.165) is 17.0 Å². The summed E-state index contributed by atoms with van der Waals surface area (Å²) in [6, 6.07) is 21.5. The van der Waals surface area contributed by atoms with Gasteiger partial charge in [-0.3, -0.25) is 9.97 Å². The number of rotatable bonds is 5. The van der Waals surface area contributed by atoms with Gasteiger partial charge in [0.25, 0.3) is 0 Å². The zero-order valence-corrected chi connectivity index (χ0v) is 29.2. The molecule has 0 unspecified atom stereocenters. The third-order valence-corrected chi connectivity index (χ3v) is 15.0. The zero-order chi connectivity index (χ0) is 29.2. The molecule has 1 aromatic carbocycles. The van der Waals surface area contributed by atoms with Crippen molar-refractivity contribution >= 4 is 37.6 Å². The van der Waals surface area contributed by atoms with Crippen molar-refractivity contribution in [3.05, 3.63) is 84.7 Å². The molecule has 228 valence electrons. The van der Waals surface area contributed by atoms with Gasteiger partial charge in [-0.05, 0) is 101 Å². The SMILES string of the molecule is C1CCC([PH+](C2CCCCC2)C2CCCCC2)CC1.[Cl][Ru]([Cl])=[C]=Cc1ccccc1.c1ccc(-c2ccccn2)nc1. The predicted molar refractivity (Wildman–Crippen MR) is 184 cm³/mol. The Morgan fingerprint density at radius 1 is 0.571 bits per heavy atom. The third-order valence-electron chi connectivity index (χ3n) is 8.92. The summed E-state index contributed by atoms with van der Waals surface area (Å²) in [5.74, 6) is 0. The molecule has 6 heteroatoms. The Labute approximate surface area is 269 Å². The normalized spacial score (nSPS) is 18.5. The number of benzene rings is 1. The van der Waals surface area contributed by atoms with Crippen LogP contribution in [0.15, 0.2) is 79.1 Å². The van der Waals surface area contributed by atoms with E-state index in [1.165, 1.54) is 17.0 Å². The van der Waals surface area contributed by atoms with E-state index in [1.807, 2.05) is 72.8 Å².